The first-order valence-corrected chi connectivity index (χ1v) is 23.4. The molecule has 0 aromatic heterocycles. The summed E-state index contributed by atoms with van der Waals surface area (Å²) in [6.45, 7) is 7.57. The average Bonchev–Trinajstić information content (AvgIpc) is 3.38. The van der Waals surface area contributed by atoms with E-state index >= 15 is 0 Å². The number of piperidine rings is 2. The lowest BCUT2D eigenvalue weighted by molar-refractivity contribution is 0.0909. The summed E-state index contributed by atoms with van der Waals surface area (Å²) in [4.78, 5) is 37.3. The van der Waals surface area contributed by atoms with E-state index in [-0.39, 0.29) is 24.9 Å². The summed E-state index contributed by atoms with van der Waals surface area (Å²) in [5, 5.41) is 0. The van der Waals surface area contributed by atoms with Gasteiger partial charge in [-0.3, -0.25) is 9.80 Å². The highest BCUT2D eigenvalue weighted by Crippen LogP contribution is 2.33. The van der Waals surface area contributed by atoms with Crippen LogP contribution in [0.4, 0.5) is 9.59 Å². The Kier molecular flexibility index (Phi) is 16.6. The van der Waals surface area contributed by atoms with Gasteiger partial charge in [-0.15, -0.1) is 0 Å². The number of hydrogen-bond donors (Lipinski definition) is 2. The number of carbonyl (C=O) groups is 2. The maximum Gasteiger partial charge on any atom is 0.435 e. The lowest BCUT2D eigenvalue weighted by Crippen LogP contribution is -2.40. The van der Waals surface area contributed by atoms with Crippen molar-refractivity contribution in [3.8, 4) is 11.5 Å². The maximum absolute atomic E-state index is 12.2. The second kappa shape index (κ2) is 24.0. The Morgan fingerprint density at radius 1 is 0.441 bits per heavy atom. The molecule has 2 saturated heterocycles. The van der Waals surface area contributed by atoms with Crippen molar-refractivity contribution in [1.29, 1.82) is 0 Å². The van der Waals surface area contributed by atoms with Gasteiger partial charge in [-0.1, -0.05) is 109 Å². The normalized spacial score (nSPS) is 15.4. The van der Waals surface area contributed by atoms with Crippen molar-refractivity contribution >= 4 is 23.9 Å². The van der Waals surface area contributed by atoms with E-state index in [4.69, 9.17) is 30.4 Å². The third kappa shape index (κ3) is 14.4. The van der Waals surface area contributed by atoms with Crippen molar-refractivity contribution in [2.45, 2.75) is 65.2 Å². The van der Waals surface area contributed by atoms with Crippen molar-refractivity contribution in [2.75, 3.05) is 26.2 Å². The summed E-state index contributed by atoms with van der Waals surface area (Å²) in [5.41, 5.74) is 20.0. The van der Waals surface area contributed by atoms with E-state index in [1.807, 2.05) is 84.9 Å². The molecule has 0 unspecified atom stereocenters. The van der Waals surface area contributed by atoms with E-state index in [1.54, 1.807) is 24.3 Å². The van der Waals surface area contributed by atoms with Crippen molar-refractivity contribution in [3.05, 3.63) is 202 Å². The summed E-state index contributed by atoms with van der Waals surface area (Å²) < 4.78 is 22.7. The fraction of sp³-hybridized carbons (Fsp3) is 0.286. The molecule has 350 valence electrons. The predicted molar refractivity (Wildman–Crippen MR) is 265 cm³/mol. The molecule has 6 aromatic rings. The Labute approximate surface area is 399 Å². The fourth-order valence-corrected chi connectivity index (χ4v) is 8.92. The van der Waals surface area contributed by atoms with Crippen LogP contribution in [0.1, 0.15) is 70.2 Å². The SMILES string of the molecule is NC(=NC(=O)OCc1ccccc1)c1ccc(OCc2cccc(CN3CCC(C4CCN(Cc5cccc(COc6ccc(C(N)=NC(=O)OCc7ccccc7)cc6)c5)CC4)CC3)c2)cc1. The Morgan fingerprint density at radius 3 is 1.18 bits per heavy atom. The average molecular weight is 913 g/mol. The van der Waals surface area contributed by atoms with Gasteiger partial charge in [-0.25, -0.2) is 9.59 Å². The Hall–Kier alpha value is -7.28. The maximum atomic E-state index is 12.2. The van der Waals surface area contributed by atoms with Crippen LogP contribution in [0.2, 0.25) is 0 Å². The molecule has 0 atom stereocenters. The van der Waals surface area contributed by atoms with E-state index in [0.29, 0.717) is 35.8 Å². The standard InChI is InChI=1S/C56H60N6O6/c57-53(59-55(63)67-37-41-9-3-1-4-10-41)49-17-21-51(22-18-49)65-39-45-15-7-13-43(33-45)35-61-29-25-47(26-30-61)48-27-31-62(32-28-48)36-44-14-8-16-46(34-44)40-66-52-23-19-50(20-24-52)54(58)60-56(64)68-38-42-11-5-2-6-12-42/h1-24,33-34,47-48H,25-32,35-40H2,(H2,57,59,63)(H2,58,60,64). The quantitative estimate of drug-likeness (QED) is 0.0668. The van der Waals surface area contributed by atoms with Gasteiger partial charge in [0, 0.05) is 24.2 Å². The van der Waals surface area contributed by atoms with E-state index in [9.17, 15) is 9.59 Å². The van der Waals surface area contributed by atoms with E-state index in [0.717, 1.165) is 73.4 Å². The van der Waals surface area contributed by atoms with Crippen LogP contribution in [0.5, 0.6) is 11.5 Å². The largest absolute Gasteiger partial charge is 0.489 e. The number of amides is 2. The number of hydrogen-bond acceptors (Lipinski definition) is 8. The van der Waals surface area contributed by atoms with Crippen LogP contribution in [0.3, 0.4) is 0 Å². The number of aliphatic imine (C=N–C) groups is 2. The van der Waals surface area contributed by atoms with E-state index in [2.05, 4.69) is 68.3 Å². The first-order valence-electron chi connectivity index (χ1n) is 23.4. The molecule has 68 heavy (non-hydrogen) atoms. The number of nitrogens with zero attached hydrogens (tertiary/aromatic N) is 4. The zero-order chi connectivity index (χ0) is 46.9. The lowest BCUT2D eigenvalue weighted by atomic mass is 9.78. The highest BCUT2D eigenvalue weighted by Gasteiger charge is 2.29. The Bertz CT molecular complexity index is 2420. The molecule has 0 radical (unpaired) electrons. The zero-order valence-electron chi connectivity index (χ0n) is 38.5. The zero-order valence-corrected chi connectivity index (χ0v) is 38.5. The number of rotatable bonds is 17. The first kappa shape index (κ1) is 47.2. The number of carbonyl (C=O) groups excluding carboxylic acids is 2. The van der Waals surface area contributed by atoms with E-state index < -0.39 is 12.2 Å². The molecular weight excluding hydrogens is 853 g/mol. The highest BCUT2D eigenvalue weighted by atomic mass is 16.6. The molecule has 6 aromatic carbocycles. The molecule has 0 spiro atoms. The van der Waals surface area contributed by atoms with Crippen molar-refractivity contribution < 1.29 is 28.5 Å². The third-order valence-electron chi connectivity index (χ3n) is 12.7. The topological polar surface area (TPSA) is 154 Å². The predicted octanol–water partition coefficient (Wildman–Crippen LogP) is 10.1. The monoisotopic (exact) mass is 912 g/mol. The van der Waals surface area contributed by atoms with Crippen LogP contribution in [-0.2, 0) is 49.0 Å². The third-order valence-corrected chi connectivity index (χ3v) is 12.7. The van der Waals surface area contributed by atoms with Gasteiger partial charge in [0.2, 0.25) is 0 Å². The molecule has 2 aliphatic heterocycles. The van der Waals surface area contributed by atoms with Crippen molar-refractivity contribution in [2.24, 2.45) is 33.3 Å². The second-order valence-corrected chi connectivity index (χ2v) is 17.6. The number of amidine groups is 2. The van der Waals surface area contributed by atoms with Gasteiger partial charge in [0.25, 0.3) is 0 Å². The molecule has 2 fully saturated rings. The van der Waals surface area contributed by atoms with Gasteiger partial charge in [0.05, 0.1) is 0 Å². The number of benzene rings is 6. The summed E-state index contributed by atoms with van der Waals surface area (Å²) >= 11 is 0. The minimum Gasteiger partial charge on any atom is -0.489 e. The van der Waals surface area contributed by atoms with Crippen molar-refractivity contribution in [3.63, 3.8) is 0 Å². The lowest BCUT2D eigenvalue weighted by Gasteiger charge is -2.40. The Morgan fingerprint density at radius 2 is 0.794 bits per heavy atom. The van der Waals surface area contributed by atoms with Gasteiger partial charge in [-0.05, 0) is 146 Å². The molecule has 0 bridgehead atoms. The minimum atomic E-state index is -0.730. The minimum absolute atomic E-state index is 0.0917. The van der Waals surface area contributed by atoms with E-state index in [1.165, 1.54) is 36.8 Å². The summed E-state index contributed by atoms with van der Waals surface area (Å²) in [6, 6.07) is 50.7. The molecule has 12 nitrogen and oxygen atoms in total. The number of ether oxygens (including phenoxy) is 4. The molecule has 0 saturated carbocycles. The smallest absolute Gasteiger partial charge is 0.435 e. The number of likely N-dealkylation sites (tertiary alicyclic amines) is 2. The Balaban J connectivity index is 0.712. The first-order chi connectivity index (χ1) is 33.3. The molecule has 12 heteroatoms. The van der Waals surface area contributed by atoms with Crippen LogP contribution in [-0.4, -0.2) is 59.8 Å². The molecule has 2 heterocycles. The van der Waals surface area contributed by atoms with Crippen LogP contribution >= 0.6 is 0 Å². The molecule has 2 aliphatic rings. The van der Waals surface area contributed by atoms with Crippen LogP contribution in [0, 0.1) is 11.8 Å². The fourth-order valence-electron chi connectivity index (χ4n) is 8.92. The molecule has 8 rings (SSSR count). The van der Waals surface area contributed by atoms with Gasteiger partial charge >= 0.3 is 12.2 Å². The van der Waals surface area contributed by atoms with Crippen LogP contribution in [0.15, 0.2) is 168 Å². The highest BCUT2D eigenvalue weighted by molar-refractivity contribution is 6.03. The molecule has 0 aliphatic carbocycles. The summed E-state index contributed by atoms with van der Waals surface area (Å²) in [5.74, 6) is 3.17. The molecule has 2 amide bonds. The van der Waals surface area contributed by atoms with Crippen molar-refractivity contribution in [1.82, 2.24) is 9.80 Å². The van der Waals surface area contributed by atoms with Crippen LogP contribution in [0.25, 0.3) is 0 Å². The molecular formula is C56H60N6O6. The molecule has 4 N–H and O–H groups in total. The van der Waals surface area contributed by atoms with Crippen LogP contribution < -0.4 is 20.9 Å². The van der Waals surface area contributed by atoms with Gasteiger partial charge < -0.3 is 30.4 Å². The van der Waals surface area contributed by atoms with Gasteiger partial charge in [0.15, 0.2) is 0 Å². The number of nitrogens with two attached hydrogens (primary N) is 2. The van der Waals surface area contributed by atoms with Gasteiger partial charge in [-0.2, -0.15) is 9.98 Å². The van der Waals surface area contributed by atoms with Gasteiger partial charge in [0.1, 0.15) is 49.6 Å². The second-order valence-electron chi connectivity index (χ2n) is 17.6. The summed E-state index contributed by atoms with van der Waals surface area (Å²) in [7, 11) is 0. The summed E-state index contributed by atoms with van der Waals surface area (Å²) in [6.07, 6.45) is 3.55.